The Morgan fingerprint density at radius 2 is 2.12 bits per heavy atom. The minimum absolute atomic E-state index is 0.0116. The molecule has 0 aromatic heterocycles. The molecule has 0 N–H and O–H groups in total. The van der Waals surface area contributed by atoms with Gasteiger partial charge in [-0.2, -0.15) is 0 Å². The number of hydrogen-bond donors (Lipinski definition) is 0. The highest BCUT2D eigenvalue weighted by Crippen LogP contribution is 2.63. The van der Waals surface area contributed by atoms with Crippen LogP contribution in [0.5, 0.6) is 0 Å². The van der Waals surface area contributed by atoms with Gasteiger partial charge < -0.3 is 4.74 Å². The first-order valence-corrected chi connectivity index (χ1v) is 10.5. The lowest BCUT2D eigenvalue weighted by atomic mass is 9.61. The Hall–Kier alpha value is -0.570. The van der Waals surface area contributed by atoms with E-state index in [9.17, 15) is 4.79 Å². The Labute approximate surface area is 154 Å². The normalized spacial score (nSPS) is 43.1. The van der Waals surface area contributed by atoms with Crippen molar-refractivity contribution in [1.29, 1.82) is 0 Å². The summed E-state index contributed by atoms with van der Waals surface area (Å²) in [5.74, 6) is 1.96. The molecule has 4 fully saturated rings. The monoisotopic (exact) mass is 392 g/mol. The summed E-state index contributed by atoms with van der Waals surface area (Å²) in [6.45, 7) is 8.94. The van der Waals surface area contributed by atoms with Gasteiger partial charge in [-0.15, -0.1) is 0 Å². The number of hydrogen-bond acceptors (Lipinski definition) is 2. The minimum Gasteiger partial charge on any atom is -0.458 e. The Morgan fingerprint density at radius 3 is 2.79 bits per heavy atom. The lowest BCUT2D eigenvalue weighted by Gasteiger charge is -2.44. The third kappa shape index (κ3) is 2.29. The summed E-state index contributed by atoms with van der Waals surface area (Å²) in [5.41, 5.74) is 2.81. The van der Waals surface area contributed by atoms with Crippen LogP contribution in [0.1, 0.15) is 65.2 Å². The van der Waals surface area contributed by atoms with Gasteiger partial charge in [0.2, 0.25) is 0 Å². The van der Waals surface area contributed by atoms with E-state index in [2.05, 4.69) is 41.3 Å². The van der Waals surface area contributed by atoms with E-state index in [1.165, 1.54) is 32.1 Å². The Morgan fingerprint density at radius 1 is 1.38 bits per heavy atom. The van der Waals surface area contributed by atoms with E-state index in [0.29, 0.717) is 11.3 Å². The first-order valence-electron chi connectivity index (χ1n) is 9.62. The van der Waals surface area contributed by atoms with Crippen LogP contribution < -0.4 is 0 Å². The maximum Gasteiger partial charge on any atom is 0.334 e. The van der Waals surface area contributed by atoms with E-state index in [1.54, 1.807) is 5.57 Å². The van der Waals surface area contributed by atoms with Gasteiger partial charge in [-0.05, 0) is 79.5 Å². The number of cyclic esters (lactones) is 1. The molecule has 2 nitrogen and oxygen atoms in total. The molecule has 1 aliphatic heterocycles. The van der Waals surface area contributed by atoms with Crippen molar-refractivity contribution in [2.45, 2.75) is 71.3 Å². The molecule has 3 saturated carbocycles. The van der Waals surface area contributed by atoms with Gasteiger partial charge in [0.15, 0.2) is 0 Å². The smallest absolute Gasteiger partial charge is 0.334 e. The average Bonchev–Trinajstić information content (AvgIpc) is 3.24. The summed E-state index contributed by atoms with van der Waals surface area (Å²) in [6, 6.07) is 0. The van der Waals surface area contributed by atoms with Crippen LogP contribution >= 0.6 is 15.9 Å². The van der Waals surface area contributed by atoms with E-state index in [4.69, 9.17) is 4.74 Å². The number of fused-ring (bicyclic) bond motifs is 1. The molecule has 0 unspecified atom stereocenters. The highest BCUT2D eigenvalue weighted by molar-refractivity contribution is 9.11. The topological polar surface area (TPSA) is 26.3 Å². The van der Waals surface area contributed by atoms with E-state index >= 15 is 0 Å². The van der Waals surface area contributed by atoms with Crippen molar-refractivity contribution in [2.24, 2.45) is 28.6 Å². The predicted molar refractivity (Wildman–Crippen MR) is 99.7 cm³/mol. The molecule has 0 amide bonds. The van der Waals surface area contributed by atoms with Gasteiger partial charge in [0.25, 0.3) is 0 Å². The van der Waals surface area contributed by atoms with Crippen LogP contribution in [-0.2, 0) is 9.53 Å². The fourth-order valence-corrected chi connectivity index (χ4v) is 6.94. The minimum atomic E-state index is -0.137. The zero-order chi connectivity index (χ0) is 17.1. The van der Waals surface area contributed by atoms with Crippen LogP contribution in [0.3, 0.4) is 0 Å². The number of halogens is 1. The molecule has 0 radical (unpaired) electrons. The third-order valence-corrected chi connectivity index (χ3v) is 8.54. The summed E-state index contributed by atoms with van der Waals surface area (Å²) in [4.78, 5) is 14.2. The average molecular weight is 393 g/mol. The van der Waals surface area contributed by atoms with Crippen molar-refractivity contribution in [3.63, 3.8) is 0 Å². The Kier molecular flexibility index (Phi) is 4.02. The van der Waals surface area contributed by atoms with E-state index in [0.717, 1.165) is 36.7 Å². The first kappa shape index (κ1) is 16.9. The quantitative estimate of drug-likeness (QED) is 0.450. The number of allylic oxidation sites excluding steroid dienone is 1. The van der Waals surface area contributed by atoms with E-state index in [-0.39, 0.29) is 17.5 Å². The maximum atomic E-state index is 12.0. The van der Waals surface area contributed by atoms with Crippen molar-refractivity contribution in [3.05, 3.63) is 22.7 Å². The molecule has 4 rings (SSSR count). The number of ether oxygens (including phenoxy) is 1. The van der Waals surface area contributed by atoms with Gasteiger partial charge in [-0.1, -0.05) is 41.9 Å². The molecule has 132 valence electrons. The Bertz CT molecular complexity index is 603. The standard InChI is InChI=1S/C21H29BrO2/c1-13(11-18-21(9-10-21)14(2)19(23)24-18)16-6-7-17-15(12-22)5-4-8-20(16,17)3/h12-13,16-18H,2,4-11H2,1,3H3/b15-12+/t13-,16-,17+,18-,20-/m1/s1. The lowest BCUT2D eigenvalue weighted by Crippen LogP contribution is -2.37. The molecule has 1 heterocycles. The molecule has 3 aliphatic carbocycles. The third-order valence-electron chi connectivity index (χ3n) is 7.95. The van der Waals surface area contributed by atoms with Crippen molar-refractivity contribution in [2.75, 3.05) is 0 Å². The molecule has 0 bridgehead atoms. The van der Waals surface area contributed by atoms with Crippen LogP contribution in [0.4, 0.5) is 0 Å². The summed E-state index contributed by atoms with van der Waals surface area (Å²) in [5, 5.41) is 0. The van der Waals surface area contributed by atoms with Crippen molar-refractivity contribution < 1.29 is 9.53 Å². The fourth-order valence-electron chi connectivity index (χ4n) is 6.39. The van der Waals surface area contributed by atoms with Crippen molar-refractivity contribution >= 4 is 21.9 Å². The van der Waals surface area contributed by atoms with Crippen molar-refractivity contribution in [3.8, 4) is 0 Å². The van der Waals surface area contributed by atoms with Crippen LogP contribution in [0, 0.1) is 28.6 Å². The van der Waals surface area contributed by atoms with Crippen LogP contribution in [0.15, 0.2) is 22.7 Å². The summed E-state index contributed by atoms with van der Waals surface area (Å²) >= 11 is 3.61. The number of carbonyl (C=O) groups excluding carboxylic acids is 1. The maximum absolute atomic E-state index is 12.0. The van der Waals surface area contributed by atoms with Gasteiger partial charge in [0, 0.05) is 11.0 Å². The molecular weight excluding hydrogens is 364 g/mol. The molecule has 3 heteroatoms. The number of rotatable bonds is 3. The van der Waals surface area contributed by atoms with Gasteiger partial charge in [-0.25, -0.2) is 4.79 Å². The lowest BCUT2D eigenvalue weighted by molar-refractivity contribution is -0.140. The van der Waals surface area contributed by atoms with E-state index in [1.807, 2.05) is 0 Å². The second-order valence-electron chi connectivity index (χ2n) is 9.02. The molecule has 5 atom stereocenters. The van der Waals surface area contributed by atoms with Gasteiger partial charge in [-0.3, -0.25) is 0 Å². The summed E-state index contributed by atoms with van der Waals surface area (Å²) in [7, 11) is 0. The van der Waals surface area contributed by atoms with Crippen LogP contribution in [0.25, 0.3) is 0 Å². The SMILES string of the molecule is C=C1C(=O)O[C@H](C[C@@H](C)[C@H]2CC[C@H]3/C(=C/Br)CCC[C@]23C)C12CC2. The molecule has 24 heavy (non-hydrogen) atoms. The van der Waals surface area contributed by atoms with Crippen molar-refractivity contribution in [1.82, 2.24) is 0 Å². The highest BCUT2D eigenvalue weighted by atomic mass is 79.9. The fraction of sp³-hybridized carbons (Fsp3) is 0.762. The summed E-state index contributed by atoms with van der Waals surface area (Å²) in [6.07, 6.45) is 9.86. The van der Waals surface area contributed by atoms with Gasteiger partial charge in [0.05, 0.1) is 0 Å². The molecule has 1 saturated heterocycles. The van der Waals surface area contributed by atoms with E-state index < -0.39 is 0 Å². The largest absolute Gasteiger partial charge is 0.458 e. The van der Waals surface area contributed by atoms with Crippen LogP contribution in [-0.4, -0.2) is 12.1 Å². The molecular formula is C21H29BrO2. The zero-order valence-corrected chi connectivity index (χ0v) is 16.5. The second-order valence-corrected chi connectivity index (χ2v) is 9.48. The predicted octanol–water partition coefficient (Wildman–Crippen LogP) is 5.77. The number of carbonyl (C=O) groups is 1. The zero-order valence-electron chi connectivity index (χ0n) is 14.9. The Balaban J connectivity index is 1.50. The second kappa shape index (κ2) is 5.72. The molecule has 0 aromatic carbocycles. The molecule has 1 spiro atoms. The first-order chi connectivity index (χ1) is 11.4. The highest BCUT2D eigenvalue weighted by Gasteiger charge is 2.61. The molecule has 4 aliphatic rings. The van der Waals surface area contributed by atoms with Crippen LogP contribution in [0.2, 0.25) is 0 Å². The van der Waals surface area contributed by atoms with Gasteiger partial charge >= 0.3 is 5.97 Å². The summed E-state index contributed by atoms with van der Waals surface area (Å²) < 4.78 is 5.74. The molecule has 0 aromatic rings. The number of esters is 1. The van der Waals surface area contributed by atoms with Gasteiger partial charge in [0.1, 0.15) is 6.10 Å².